The molecule has 1 saturated carbocycles. The van der Waals surface area contributed by atoms with Crippen molar-refractivity contribution >= 4 is 11.8 Å². The second-order valence-corrected chi connectivity index (χ2v) is 4.08. The fraction of sp³-hybridized carbons (Fsp3) is 0.800. The first-order valence-electron chi connectivity index (χ1n) is 5.14. The maximum atomic E-state index is 11.7. The quantitative estimate of drug-likeness (QED) is 0.727. The van der Waals surface area contributed by atoms with Gasteiger partial charge < -0.3 is 14.6 Å². The molecule has 1 unspecified atom stereocenters. The summed E-state index contributed by atoms with van der Waals surface area (Å²) in [5.41, 5.74) is 0. The van der Waals surface area contributed by atoms with E-state index in [1.54, 1.807) is 0 Å². The number of hydrogen-bond acceptors (Lipinski definition) is 4. The van der Waals surface area contributed by atoms with Gasteiger partial charge in [-0.15, -0.1) is 0 Å². The van der Waals surface area contributed by atoms with Gasteiger partial charge in [0.05, 0.1) is 26.1 Å². The van der Waals surface area contributed by atoms with Crippen molar-refractivity contribution in [2.75, 3.05) is 13.2 Å². The molecule has 1 aliphatic carbocycles. The van der Waals surface area contributed by atoms with Crippen LogP contribution in [0.2, 0.25) is 0 Å². The van der Waals surface area contributed by atoms with E-state index in [1.165, 1.54) is 0 Å². The zero-order chi connectivity index (χ0) is 10.9. The average molecular weight is 214 g/mol. The van der Waals surface area contributed by atoms with Crippen LogP contribution in [-0.2, 0) is 19.1 Å². The molecule has 0 bridgehead atoms. The largest absolute Gasteiger partial charge is 0.481 e. The zero-order valence-electron chi connectivity index (χ0n) is 8.40. The highest BCUT2D eigenvalue weighted by molar-refractivity contribution is 5.86. The van der Waals surface area contributed by atoms with Crippen LogP contribution in [0.4, 0.5) is 0 Å². The number of ether oxygens (including phenoxy) is 2. The van der Waals surface area contributed by atoms with Crippen LogP contribution in [0.25, 0.3) is 0 Å². The predicted octanol–water partition coefficient (Wildman–Crippen LogP) is 0.573. The van der Waals surface area contributed by atoms with Crippen molar-refractivity contribution in [1.82, 2.24) is 0 Å². The fourth-order valence-corrected chi connectivity index (χ4v) is 2.22. The number of carboxylic acids is 1. The van der Waals surface area contributed by atoms with Crippen LogP contribution in [0.3, 0.4) is 0 Å². The van der Waals surface area contributed by atoms with E-state index in [0.717, 1.165) is 0 Å². The van der Waals surface area contributed by atoms with Crippen molar-refractivity contribution in [3.05, 3.63) is 0 Å². The van der Waals surface area contributed by atoms with Gasteiger partial charge in [0.2, 0.25) is 0 Å². The predicted molar refractivity (Wildman–Crippen MR) is 49.2 cm³/mol. The molecule has 1 heterocycles. The lowest BCUT2D eigenvalue weighted by Crippen LogP contribution is -2.41. The van der Waals surface area contributed by atoms with Crippen LogP contribution < -0.4 is 0 Å². The molecule has 5 nitrogen and oxygen atoms in total. The summed E-state index contributed by atoms with van der Waals surface area (Å²) in [5.74, 6) is -2.06. The molecular formula is C10H14O5. The highest BCUT2D eigenvalue weighted by atomic mass is 16.7. The molecule has 5 heteroatoms. The van der Waals surface area contributed by atoms with E-state index in [1.807, 2.05) is 0 Å². The Bertz CT molecular complexity index is 280. The number of Topliss-reactive ketones (excluding diaryl/α,β-unsaturated/α-hetero) is 1. The molecule has 2 aliphatic rings. The van der Waals surface area contributed by atoms with Gasteiger partial charge >= 0.3 is 5.97 Å². The Hall–Kier alpha value is -0.940. The van der Waals surface area contributed by atoms with E-state index in [4.69, 9.17) is 14.6 Å². The zero-order valence-corrected chi connectivity index (χ0v) is 8.40. The number of carbonyl (C=O) groups excluding carboxylic acids is 1. The lowest BCUT2D eigenvalue weighted by molar-refractivity contribution is -0.187. The van der Waals surface area contributed by atoms with E-state index in [0.29, 0.717) is 26.1 Å². The minimum absolute atomic E-state index is 0.0504. The van der Waals surface area contributed by atoms with Gasteiger partial charge in [-0.1, -0.05) is 0 Å². The van der Waals surface area contributed by atoms with E-state index in [9.17, 15) is 9.59 Å². The molecule has 0 aromatic heterocycles. The summed E-state index contributed by atoms with van der Waals surface area (Å²) in [7, 11) is 0. The summed E-state index contributed by atoms with van der Waals surface area (Å²) in [4.78, 5) is 22.2. The standard InChI is InChI=1S/C10H14O5/c11-8-6-10(14-3-4-15-10)2-1-7(8)5-9(12)13/h7H,1-6H2,(H,12,13). The minimum atomic E-state index is -0.919. The average Bonchev–Trinajstić information content (AvgIpc) is 2.59. The molecule has 1 saturated heterocycles. The lowest BCUT2D eigenvalue weighted by atomic mass is 9.82. The van der Waals surface area contributed by atoms with Crippen molar-refractivity contribution in [3.8, 4) is 0 Å². The van der Waals surface area contributed by atoms with Crippen molar-refractivity contribution in [3.63, 3.8) is 0 Å². The Morgan fingerprint density at radius 1 is 1.47 bits per heavy atom. The van der Waals surface area contributed by atoms with Crippen molar-refractivity contribution in [2.45, 2.75) is 31.5 Å². The van der Waals surface area contributed by atoms with Crippen LogP contribution in [0.1, 0.15) is 25.7 Å². The number of ketones is 1. The Labute approximate surface area is 87.4 Å². The SMILES string of the molecule is O=C(O)CC1CCC2(CC1=O)OCCO2. The molecule has 0 aromatic carbocycles. The van der Waals surface area contributed by atoms with Gasteiger partial charge in [0, 0.05) is 12.3 Å². The van der Waals surface area contributed by atoms with Gasteiger partial charge in [-0.05, 0) is 6.42 Å². The van der Waals surface area contributed by atoms with Crippen molar-refractivity contribution in [2.24, 2.45) is 5.92 Å². The van der Waals surface area contributed by atoms with Crippen molar-refractivity contribution < 1.29 is 24.2 Å². The van der Waals surface area contributed by atoms with E-state index >= 15 is 0 Å². The van der Waals surface area contributed by atoms with Crippen molar-refractivity contribution in [1.29, 1.82) is 0 Å². The summed E-state index contributed by atoms with van der Waals surface area (Å²) in [6, 6.07) is 0. The summed E-state index contributed by atoms with van der Waals surface area (Å²) < 4.78 is 10.8. The monoisotopic (exact) mass is 214 g/mol. The molecular weight excluding hydrogens is 200 g/mol. The molecule has 0 radical (unpaired) electrons. The molecule has 1 atom stereocenters. The second kappa shape index (κ2) is 3.90. The summed E-state index contributed by atoms with van der Waals surface area (Å²) in [5, 5.41) is 8.63. The first-order chi connectivity index (χ1) is 7.11. The highest BCUT2D eigenvalue weighted by Crippen LogP contribution is 2.37. The van der Waals surface area contributed by atoms with Gasteiger partial charge in [-0.3, -0.25) is 9.59 Å². The Balaban J connectivity index is 1.96. The maximum Gasteiger partial charge on any atom is 0.304 e. The third-order valence-corrected chi connectivity index (χ3v) is 3.01. The molecule has 0 amide bonds. The molecule has 1 aliphatic heterocycles. The summed E-state index contributed by atoms with van der Waals surface area (Å²) in [6.45, 7) is 1.05. The second-order valence-electron chi connectivity index (χ2n) is 4.08. The van der Waals surface area contributed by atoms with Crippen LogP contribution in [-0.4, -0.2) is 35.9 Å². The topological polar surface area (TPSA) is 72.8 Å². The molecule has 0 aromatic rings. The smallest absolute Gasteiger partial charge is 0.304 e. The van der Waals surface area contributed by atoms with E-state index in [-0.39, 0.29) is 24.5 Å². The number of carboxylic acid groups (broad SMARTS) is 1. The summed E-state index contributed by atoms with van der Waals surface area (Å²) >= 11 is 0. The van der Waals surface area contributed by atoms with Crippen LogP contribution >= 0.6 is 0 Å². The number of carbonyl (C=O) groups is 2. The van der Waals surface area contributed by atoms with Gasteiger partial charge in [0.1, 0.15) is 5.78 Å². The van der Waals surface area contributed by atoms with Gasteiger partial charge in [-0.25, -0.2) is 0 Å². The first kappa shape index (κ1) is 10.6. The third-order valence-electron chi connectivity index (χ3n) is 3.01. The molecule has 2 fully saturated rings. The van der Waals surface area contributed by atoms with Crippen LogP contribution in [0, 0.1) is 5.92 Å². The minimum Gasteiger partial charge on any atom is -0.481 e. The normalized spacial score (nSPS) is 29.6. The Kier molecular flexibility index (Phi) is 2.75. The first-order valence-corrected chi connectivity index (χ1v) is 5.14. The molecule has 15 heavy (non-hydrogen) atoms. The Morgan fingerprint density at radius 3 is 2.67 bits per heavy atom. The maximum absolute atomic E-state index is 11.7. The van der Waals surface area contributed by atoms with Crippen LogP contribution in [0.15, 0.2) is 0 Å². The number of hydrogen-bond donors (Lipinski definition) is 1. The summed E-state index contributed by atoms with van der Waals surface area (Å²) in [6.07, 6.45) is 1.29. The van der Waals surface area contributed by atoms with E-state index in [2.05, 4.69) is 0 Å². The lowest BCUT2D eigenvalue weighted by Gasteiger charge is -2.33. The van der Waals surface area contributed by atoms with Gasteiger partial charge in [0.15, 0.2) is 5.79 Å². The van der Waals surface area contributed by atoms with Gasteiger partial charge in [-0.2, -0.15) is 0 Å². The fourth-order valence-electron chi connectivity index (χ4n) is 2.22. The van der Waals surface area contributed by atoms with E-state index < -0.39 is 11.8 Å². The molecule has 1 spiro atoms. The number of aliphatic carboxylic acids is 1. The highest BCUT2D eigenvalue weighted by Gasteiger charge is 2.44. The Morgan fingerprint density at radius 2 is 2.13 bits per heavy atom. The molecule has 2 rings (SSSR count). The molecule has 1 N–H and O–H groups in total. The third kappa shape index (κ3) is 2.18. The molecule has 84 valence electrons. The number of rotatable bonds is 2. The van der Waals surface area contributed by atoms with Crippen LogP contribution in [0.5, 0.6) is 0 Å². The van der Waals surface area contributed by atoms with Gasteiger partial charge in [0.25, 0.3) is 0 Å².